The second kappa shape index (κ2) is 21.7. The molecule has 1 unspecified atom stereocenters. The number of carboxylic acid groups (broad SMARTS) is 2. The Morgan fingerprint density at radius 3 is 2.03 bits per heavy atom. The highest BCUT2D eigenvalue weighted by Crippen LogP contribution is 2.41. The number of phenols is 2. The number of nitrogens with zero attached hydrogens (tertiary/aromatic N) is 1. The second-order valence-electron chi connectivity index (χ2n) is 15.8. The topological polar surface area (TPSA) is 282 Å². The molecule has 2 amide bonds. The predicted octanol–water partition coefficient (Wildman–Crippen LogP) is 4.50. The fraction of sp³-hybridized carbons (Fsp3) is 0.477. The third kappa shape index (κ3) is 12.3. The van der Waals surface area contributed by atoms with E-state index in [1.54, 1.807) is 13.8 Å². The molecule has 1 heterocycles. The van der Waals surface area contributed by atoms with Gasteiger partial charge in [0.1, 0.15) is 17.3 Å². The molecule has 1 aromatic heterocycles. The molecule has 17 nitrogen and oxygen atoms in total. The van der Waals surface area contributed by atoms with Gasteiger partial charge in [-0.2, -0.15) is 0 Å². The lowest BCUT2D eigenvalue weighted by Gasteiger charge is -2.24. The van der Waals surface area contributed by atoms with Gasteiger partial charge in [-0.3, -0.25) is 38.4 Å². The number of amides is 2. The van der Waals surface area contributed by atoms with E-state index in [4.69, 9.17) is 0 Å². The molecule has 5 atom stereocenters. The van der Waals surface area contributed by atoms with Gasteiger partial charge in [0.15, 0.2) is 17.3 Å². The number of nitrogens with one attached hydrogen (secondary N) is 4. The predicted molar refractivity (Wildman–Crippen MR) is 221 cm³/mol. The van der Waals surface area contributed by atoms with Crippen LogP contribution in [0, 0.1) is 30.6 Å². The van der Waals surface area contributed by atoms with Gasteiger partial charge in [0.25, 0.3) is 0 Å². The number of hydrogen-bond acceptors (Lipinski definition) is 12. The third-order valence-electron chi connectivity index (χ3n) is 11.4. The van der Waals surface area contributed by atoms with Crippen LogP contribution < -0.4 is 16.0 Å². The number of benzene rings is 2. The molecule has 1 aliphatic carbocycles. The molecule has 2 aromatic carbocycles. The molecule has 3 aromatic rings. The van der Waals surface area contributed by atoms with E-state index >= 15 is 0 Å². The lowest BCUT2D eigenvalue weighted by atomic mass is 9.80. The number of aliphatic carboxylic acids is 2. The second-order valence-corrected chi connectivity index (χ2v) is 15.8. The van der Waals surface area contributed by atoms with Gasteiger partial charge in [0.05, 0.1) is 41.4 Å². The number of aryl methyl sites for hydroxylation is 1. The lowest BCUT2D eigenvalue weighted by Crippen LogP contribution is -2.47. The van der Waals surface area contributed by atoms with Gasteiger partial charge in [-0.05, 0) is 62.3 Å². The zero-order valence-corrected chi connectivity index (χ0v) is 34.8. The number of anilines is 1. The molecule has 8 N–H and O–H groups in total. The first kappa shape index (κ1) is 47.3. The summed E-state index contributed by atoms with van der Waals surface area (Å²) < 4.78 is 0. The normalized spacial score (nSPS) is 14.4. The van der Waals surface area contributed by atoms with Crippen molar-refractivity contribution in [2.75, 3.05) is 18.4 Å². The van der Waals surface area contributed by atoms with Crippen LogP contribution in [-0.4, -0.2) is 96.4 Å². The van der Waals surface area contributed by atoms with Crippen molar-refractivity contribution in [2.45, 2.75) is 97.9 Å². The summed E-state index contributed by atoms with van der Waals surface area (Å²) in [5.74, 6) is -9.27. The Hall–Kier alpha value is -6.39. The number of unbranched alkanes of at least 4 members (excludes halogenated alkanes) is 2. The Morgan fingerprint density at radius 1 is 0.754 bits per heavy atom. The van der Waals surface area contributed by atoms with Gasteiger partial charge in [0.2, 0.25) is 11.8 Å². The third-order valence-corrected chi connectivity index (χ3v) is 11.4. The largest absolute Gasteiger partial charge is 0.507 e. The number of carboxylic acids is 2. The highest BCUT2D eigenvalue weighted by Gasteiger charge is 2.37. The minimum atomic E-state index is -1.32. The number of ketones is 4. The fourth-order valence-corrected chi connectivity index (χ4v) is 7.41. The first-order valence-electron chi connectivity index (χ1n) is 20.5. The van der Waals surface area contributed by atoms with E-state index in [9.17, 15) is 58.8 Å². The van der Waals surface area contributed by atoms with E-state index < -0.39 is 71.8 Å². The SMILES string of the molecule is CCC(C)[C@H](C)C(=O)C[C@@H](CCC(=O)O)C(=O)N[C@@H](Cc1cnc[nH]1)C(=O)C[C@@H](CC(=O)O)C(=O)NCCCCCNc1ccc(O)c2c1C(=O)c1c(O)ccc(C)c1C2=O. The number of hydrogen-bond donors (Lipinski definition) is 8. The number of imidazole rings is 1. The summed E-state index contributed by atoms with van der Waals surface area (Å²) in [6.07, 6.45) is 3.04. The van der Waals surface area contributed by atoms with Crippen LogP contribution in [0.15, 0.2) is 36.8 Å². The highest BCUT2D eigenvalue weighted by molar-refractivity contribution is 6.32. The number of rotatable bonds is 25. The number of carbonyl (C=O) groups is 8. The molecule has 0 fully saturated rings. The van der Waals surface area contributed by atoms with Gasteiger partial charge >= 0.3 is 11.9 Å². The maximum atomic E-state index is 13.8. The molecule has 328 valence electrons. The number of Topliss-reactive ketones (excluding diaryl/α,β-unsaturated/α-hetero) is 2. The highest BCUT2D eigenvalue weighted by atomic mass is 16.4. The van der Waals surface area contributed by atoms with Gasteiger partial charge < -0.3 is 41.4 Å². The molecule has 0 aliphatic heterocycles. The van der Waals surface area contributed by atoms with Crippen LogP contribution >= 0.6 is 0 Å². The lowest BCUT2D eigenvalue weighted by molar-refractivity contribution is -0.142. The number of H-pyrrole nitrogens is 1. The first-order chi connectivity index (χ1) is 28.9. The molecule has 61 heavy (non-hydrogen) atoms. The summed E-state index contributed by atoms with van der Waals surface area (Å²) in [5, 5.41) is 48.4. The van der Waals surface area contributed by atoms with Crippen LogP contribution in [0.4, 0.5) is 5.69 Å². The summed E-state index contributed by atoms with van der Waals surface area (Å²) in [6, 6.07) is 4.39. The summed E-state index contributed by atoms with van der Waals surface area (Å²) in [5.41, 5.74) is 0.962. The average molecular weight is 846 g/mol. The van der Waals surface area contributed by atoms with Gasteiger partial charge in [-0.15, -0.1) is 0 Å². The Bertz CT molecular complexity index is 2130. The van der Waals surface area contributed by atoms with Gasteiger partial charge in [0, 0.05) is 73.8 Å². The Labute approximate surface area is 353 Å². The molecule has 1 aliphatic rings. The number of aromatic nitrogens is 2. The quantitative estimate of drug-likeness (QED) is 0.0337. The average Bonchev–Trinajstić information content (AvgIpc) is 3.73. The van der Waals surface area contributed by atoms with Crippen molar-refractivity contribution < 1.29 is 58.8 Å². The van der Waals surface area contributed by atoms with Gasteiger partial charge in [-0.1, -0.05) is 33.3 Å². The van der Waals surface area contributed by atoms with Crippen LogP contribution in [0.25, 0.3) is 0 Å². The van der Waals surface area contributed by atoms with Crippen molar-refractivity contribution in [3.8, 4) is 11.5 Å². The Balaban J connectivity index is 1.35. The number of carbonyl (C=O) groups excluding carboxylic acids is 6. The van der Waals surface area contributed by atoms with E-state index in [1.807, 2.05) is 13.8 Å². The van der Waals surface area contributed by atoms with Crippen molar-refractivity contribution in [2.24, 2.45) is 23.7 Å². The molecule has 0 radical (unpaired) electrons. The van der Waals surface area contributed by atoms with E-state index in [-0.39, 0.29) is 83.6 Å². The summed E-state index contributed by atoms with van der Waals surface area (Å²) in [7, 11) is 0. The van der Waals surface area contributed by atoms with E-state index in [0.717, 1.165) is 6.42 Å². The smallest absolute Gasteiger partial charge is 0.304 e. The summed E-state index contributed by atoms with van der Waals surface area (Å²) in [4.78, 5) is 111. The number of phenolic OH excluding ortho intramolecular Hbond substituents is 2. The van der Waals surface area contributed by atoms with Crippen LogP contribution in [0.1, 0.15) is 122 Å². The number of aromatic amines is 1. The van der Waals surface area contributed by atoms with Crippen LogP contribution in [0.3, 0.4) is 0 Å². The molecular formula is C44H55N5O12. The van der Waals surface area contributed by atoms with Crippen molar-refractivity contribution >= 4 is 52.6 Å². The van der Waals surface area contributed by atoms with Crippen molar-refractivity contribution in [3.63, 3.8) is 0 Å². The summed E-state index contributed by atoms with van der Waals surface area (Å²) in [6.45, 7) is 7.71. The van der Waals surface area contributed by atoms with Crippen molar-refractivity contribution in [3.05, 3.63) is 70.3 Å². The first-order valence-corrected chi connectivity index (χ1v) is 20.5. The van der Waals surface area contributed by atoms with Crippen LogP contribution in [0.5, 0.6) is 11.5 Å². The maximum Gasteiger partial charge on any atom is 0.304 e. The minimum absolute atomic E-state index is 0.0328. The molecule has 0 spiro atoms. The van der Waals surface area contributed by atoms with Crippen molar-refractivity contribution in [1.29, 1.82) is 0 Å². The van der Waals surface area contributed by atoms with Crippen LogP contribution in [0.2, 0.25) is 0 Å². The monoisotopic (exact) mass is 845 g/mol. The molecule has 4 rings (SSSR count). The number of aromatic hydroxyl groups is 2. The summed E-state index contributed by atoms with van der Waals surface area (Å²) >= 11 is 0. The zero-order valence-electron chi connectivity index (χ0n) is 34.8. The fourth-order valence-electron chi connectivity index (χ4n) is 7.41. The zero-order chi connectivity index (χ0) is 45.0. The molecule has 0 saturated heterocycles. The minimum Gasteiger partial charge on any atom is -0.507 e. The van der Waals surface area contributed by atoms with Crippen molar-refractivity contribution in [1.82, 2.24) is 20.6 Å². The maximum absolute atomic E-state index is 13.8. The Morgan fingerprint density at radius 2 is 1.39 bits per heavy atom. The van der Waals surface area contributed by atoms with E-state index in [2.05, 4.69) is 25.9 Å². The Kier molecular flexibility index (Phi) is 16.9. The molecule has 17 heteroatoms. The molecule has 0 bridgehead atoms. The van der Waals surface area contributed by atoms with Crippen LogP contribution in [-0.2, 0) is 35.2 Å². The van der Waals surface area contributed by atoms with E-state index in [0.29, 0.717) is 42.8 Å². The molecule has 0 saturated carbocycles. The number of fused-ring (bicyclic) bond motifs is 2. The standard InChI is InChI=1S/C44H55N5O12/c1-5-23(2)25(4)33(52)17-26(10-14-35(54)55)44(61)49-30(20-28-21-45-22-48-28)34(53)18-27(19-36(56)57)43(60)47-16-8-6-7-15-46-29-11-13-32(51)40-38(29)42(59)39-31(50)12-9-24(3)37(39)41(40)58/h9,11-13,21-23,25-27,30,46,50-51H,5-8,10,14-20H2,1-4H3,(H,45,48)(H,47,60)(H,49,61)(H,54,55)(H,56,57)/t23?,25-,26+,27-,30-/m0/s1. The van der Waals surface area contributed by atoms with E-state index in [1.165, 1.54) is 36.8 Å². The van der Waals surface area contributed by atoms with Gasteiger partial charge in [-0.25, -0.2) is 4.98 Å². The molecular weight excluding hydrogens is 791 g/mol.